The largest absolute Gasteiger partial charge is 0.348 e. The summed E-state index contributed by atoms with van der Waals surface area (Å²) in [7, 11) is 5.55. The minimum Gasteiger partial charge on any atom is -0.348 e. The van der Waals surface area contributed by atoms with Gasteiger partial charge < -0.3 is 4.90 Å². The Morgan fingerprint density at radius 1 is 1.47 bits per heavy atom. The zero-order valence-electron chi connectivity index (χ0n) is 9.73. The Morgan fingerprint density at radius 2 is 2.13 bits per heavy atom. The molecule has 1 unspecified atom stereocenters. The number of rotatable bonds is 4. The maximum absolute atomic E-state index is 11.5. The van der Waals surface area contributed by atoms with Crippen LogP contribution in [-0.4, -0.2) is 43.4 Å². The van der Waals surface area contributed by atoms with E-state index in [1.54, 1.807) is 30.3 Å². The van der Waals surface area contributed by atoms with Crippen LogP contribution in [0.5, 0.6) is 0 Å². The number of likely N-dealkylation sites (N-methyl/N-ethyl adjacent to an activating group) is 2. The van der Waals surface area contributed by atoms with Crippen LogP contribution < -0.4 is 0 Å². The van der Waals surface area contributed by atoms with Gasteiger partial charge in [0.2, 0.25) is 5.91 Å². The molecule has 1 aromatic heterocycles. The van der Waals surface area contributed by atoms with Gasteiger partial charge in [-0.3, -0.25) is 9.69 Å². The molecular formula is C11H18N2OS. The molecule has 0 bridgehead atoms. The molecule has 0 radical (unpaired) electrons. The zero-order chi connectivity index (χ0) is 11.4. The van der Waals surface area contributed by atoms with E-state index >= 15 is 0 Å². The summed E-state index contributed by atoms with van der Waals surface area (Å²) in [6.45, 7) is 2.58. The lowest BCUT2D eigenvalue weighted by Crippen LogP contribution is -2.35. The molecule has 0 saturated carbocycles. The highest BCUT2D eigenvalue weighted by atomic mass is 32.1. The Kier molecular flexibility index (Phi) is 4.29. The number of thiophene rings is 1. The van der Waals surface area contributed by atoms with Crippen molar-refractivity contribution in [3.8, 4) is 0 Å². The second-order valence-corrected chi connectivity index (χ2v) is 4.87. The molecule has 1 aromatic rings. The van der Waals surface area contributed by atoms with Crippen molar-refractivity contribution >= 4 is 17.2 Å². The Balaban J connectivity index is 2.54. The summed E-state index contributed by atoms with van der Waals surface area (Å²) in [4.78, 5) is 16.5. The van der Waals surface area contributed by atoms with Gasteiger partial charge in [0.1, 0.15) is 0 Å². The molecule has 0 aliphatic carbocycles. The van der Waals surface area contributed by atoms with E-state index in [4.69, 9.17) is 0 Å². The molecule has 0 spiro atoms. The summed E-state index contributed by atoms with van der Waals surface area (Å²) >= 11 is 1.73. The van der Waals surface area contributed by atoms with Gasteiger partial charge in [0, 0.05) is 25.0 Å². The number of hydrogen-bond donors (Lipinski definition) is 0. The van der Waals surface area contributed by atoms with Crippen molar-refractivity contribution in [2.45, 2.75) is 13.0 Å². The maximum atomic E-state index is 11.5. The van der Waals surface area contributed by atoms with Gasteiger partial charge in [-0.15, -0.1) is 11.3 Å². The van der Waals surface area contributed by atoms with E-state index < -0.39 is 0 Å². The molecular weight excluding hydrogens is 208 g/mol. The normalized spacial score (nSPS) is 12.9. The molecule has 15 heavy (non-hydrogen) atoms. The van der Waals surface area contributed by atoms with Crippen molar-refractivity contribution in [3.05, 3.63) is 22.4 Å². The van der Waals surface area contributed by atoms with E-state index in [0.717, 1.165) is 0 Å². The lowest BCUT2D eigenvalue weighted by molar-refractivity contribution is -0.130. The van der Waals surface area contributed by atoms with Crippen molar-refractivity contribution in [1.29, 1.82) is 0 Å². The predicted octanol–water partition coefficient (Wildman–Crippen LogP) is 1.83. The van der Waals surface area contributed by atoms with Gasteiger partial charge in [0.05, 0.1) is 6.54 Å². The molecule has 1 rings (SSSR count). The summed E-state index contributed by atoms with van der Waals surface area (Å²) in [6, 6.07) is 4.44. The monoisotopic (exact) mass is 226 g/mol. The Hall–Kier alpha value is -0.870. The minimum absolute atomic E-state index is 0.140. The molecule has 3 nitrogen and oxygen atoms in total. The van der Waals surface area contributed by atoms with Crippen LogP contribution >= 0.6 is 11.3 Å². The molecule has 0 aliphatic heterocycles. The summed E-state index contributed by atoms with van der Waals surface area (Å²) in [6.07, 6.45) is 0. The van der Waals surface area contributed by atoms with E-state index in [9.17, 15) is 4.79 Å². The van der Waals surface area contributed by atoms with E-state index in [-0.39, 0.29) is 5.91 Å². The number of nitrogens with zero attached hydrogens (tertiary/aromatic N) is 2. The smallest absolute Gasteiger partial charge is 0.236 e. The molecule has 0 fully saturated rings. The fraction of sp³-hybridized carbons (Fsp3) is 0.545. The van der Waals surface area contributed by atoms with Crippen LogP contribution in [0.15, 0.2) is 17.5 Å². The molecule has 0 aromatic carbocycles. The third-order valence-corrected chi connectivity index (χ3v) is 3.54. The lowest BCUT2D eigenvalue weighted by atomic mass is 10.2. The van der Waals surface area contributed by atoms with Crippen LogP contribution in [0.4, 0.5) is 0 Å². The number of carbonyl (C=O) groups excluding carboxylic acids is 1. The first-order valence-electron chi connectivity index (χ1n) is 4.96. The molecule has 0 saturated heterocycles. The van der Waals surface area contributed by atoms with Crippen molar-refractivity contribution < 1.29 is 4.79 Å². The van der Waals surface area contributed by atoms with Gasteiger partial charge >= 0.3 is 0 Å². The van der Waals surface area contributed by atoms with Gasteiger partial charge in [0.15, 0.2) is 0 Å². The highest BCUT2D eigenvalue weighted by Crippen LogP contribution is 2.22. The summed E-state index contributed by atoms with van der Waals surface area (Å²) in [5.74, 6) is 0.140. The Morgan fingerprint density at radius 3 is 2.60 bits per heavy atom. The van der Waals surface area contributed by atoms with Gasteiger partial charge in [0.25, 0.3) is 0 Å². The first kappa shape index (κ1) is 12.2. The van der Waals surface area contributed by atoms with Crippen LogP contribution in [0.25, 0.3) is 0 Å². The van der Waals surface area contributed by atoms with Crippen molar-refractivity contribution in [3.63, 3.8) is 0 Å². The molecule has 1 heterocycles. The average Bonchev–Trinajstić information content (AvgIpc) is 2.68. The fourth-order valence-corrected chi connectivity index (χ4v) is 2.09. The topological polar surface area (TPSA) is 23.6 Å². The molecule has 0 aliphatic rings. The van der Waals surface area contributed by atoms with Crippen LogP contribution in [0.3, 0.4) is 0 Å². The van der Waals surface area contributed by atoms with Crippen LogP contribution in [-0.2, 0) is 4.79 Å². The van der Waals surface area contributed by atoms with E-state index in [2.05, 4.69) is 23.3 Å². The molecule has 4 heteroatoms. The predicted molar refractivity (Wildman–Crippen MR) is 64.1 cm³/mol. The first-order valence-corrected chi connectivity index (χ1v) is 5.84. The van der Waals surface area contributed by atoms with Crippen LogP contribution in [0, 0.1) is 0 Å². The van der Waals surface area contributed by atoms with Gasteiger partial charge in [-0.05, 0) is 25.4 Å². The van der Waals surface area contributed by atoms with Crippen molar-refractivity contribution in [2.24, 2.45) is 0 Å². The second-order valence-electron chi connectivity index (χ2n) is 3.89. The third kappa shape index (κ3) is 3.32. The highest BCUT2D eigenvalue weighted by molar-refractivity contribution is 7.10. The number of amides is 1. The van der Waals surface area contributed by atoms with Crippen molar-refractivity contribution in [1.82, 2.24) is 9.80 Å². The summed E-state index contributed by atoms with van der Waals surface area (Å²) < 4.78 is 0. The number of carbonyl (C=O) groups is 1. The SMILES string of the molecule is CC(c1cccs1)N(C)CC(=O)N(C)C. The number of hydrogen-bond acceptors (Lipinski definition) is 3. The Bertz CT molecular complexity index is 308. The fourth-order valence-electron chi connectivity index (χ4n) is 1.24. The standard InChI is InChI=1S/C11H18N2OS/c1-9(10-6-5-7-15-10)13(4)8-11(14)12(2)3/h5-7,9H,8H2,1-4H3. The second kappa shape index (κ2) is 5.28. The first-order chi connectivity index (χ1) is 7.02. The highest BCUT2D eigenvalue weighted by Gasteiger charge is 2.16. The van der Waals surface area contributed by atoms with Crippen LogP contribution in [0.1, 0.15) is 17.8 Å². The van der Waals surface area contributed by atoms with Crippen molar-refractivity contribution in [2.75, 3.05) is 27.7 Å². The van der Waals surface area contributed by atoms with E-state index in [0.29, 0.717) is 12.6 Å². The average molecular weight is 226 g/mol. The van der Waals surface area contributed by atoms with Crippen LogP contribution in [0.2, 0.25) is 0 Å². The third-order valence-electron chi connectivity index (χ3n) is 2.50. The van der Waals surface area contributed by atoms with Gasteiger partial charge in [-0.2, -0.15) is 0 Å². The summed E-state index contributed by atoms with van der Waals surface area (Å²) in [5, 5.41) is 2.06. The molecule has 1 amide bonds. The zero-order valence-corrected chi connectivity index (χ0v) is 10.5. The van der Waals surface area contributed by atoms with E-state index in [1.165, 1.54) is 4.88 Å². The van der Waals surface area contributed by atoms with E-state index in [1.807, 2.05) is 13.1 Å². The molecule has 0 N–H and O–H groups in total. The lowest BCUT2D eigenvalue weighted by Gasteiger charge is -2.24. The quantitative estimate of drug-likeness (QED) is 0.782. The summed E-state index contributed by atoms with van der Waals surface area (Å²) in [5.41, 5.74) is 0. The van der Waals surface area contributed by atoms with Gasteiger partial charge in [-0.25, -0.2) is 0 Å². The molecule has 1 atom stereocenters. The maximum Gasteiger partial charge on any atom is 0.236 e. The minimum atomic E-state index is 0.140. The van der Waals surface area contributed by atoms with Gasteiger partial charge in [-0.1, -0.05) is 6.07 Å². The Labute approximate surface area is 95.3 Å². The molecule has 84 valence electrons.